The lowest BCUT2D eigenvalue weighted by Crippen LogP contribution is -2.30. The number of hydrogen-bond acceptors (Lipinski definition) is 3. The minimum Gasteiger partial charge on any atom is -0.493 e. The van der Waals surface area contributed by atoms with E-state index < -0.39 is 0 Å². The Hall–Kier alpha value is -2.15. The van der Waals surface area contributed by atoms with Crippen LogP contribution in [0.1, 0.15) is 26.7 Å². The average Bonchev–Trinajstić information content (AvgIpc) is 2.52. The van der Waals surface area contributed by atoms with Gasteiger partial charge in [-0.15, -0.1) is 0 Å². The van der Waals surface area contributed by atoms with Crippen LogP contribution in [0.25, 0.3) is 0 Å². The summed E-state index contributed by atoms with van der Waals surface area (Å²) in [4.78, 5) is 11.7. The summed E-state index contributed by atoms with van der Waals surface area (Å²) in [5.41, 5.74) is 0. The van der Waals surface area contributed by atoms with E-state index in [1.807, 2.05) is 38.1 Å². The van der Waals surface area contributed by atoms with E-state index in [0.717, 1.165) is 12.8 Å². The third-order valence-electron chi connectivity index (χ3n) is 3.20. The number of benzene rings is 1. The molecule has 0 heterocycles. The molecule has 1 aromatic rings. The molecule has 1 aromatic carbocycles. The molecule has 1 rings (SSSR count). The van der Waals surface area contributed by atoms with Crippen molar-refractivity contribution in [2.75, 3.05) is 20.3 Å². The SMILES string of the molecule is CCC(CC)C(=O)NCC#CCOc1ccccc1OC. The van der Waals surface area contributed by atoms with Crippen molar-refractivity contribution in [3.8, 4) is 23.3 Å². The van der Waals surface area contributed by atoms with E-state index in [2.05, 4.69) is 17.2 Å². The maximum Gasteiger partial charge on any atom is 0.223 e. The number of ether oxygens (including phenoxy) is 2. The molecule has 0 spiro atoms. The Morgan fingerprint density at radius 2 is 1.86 bits per heavy atom. The molecule has 0 atom stereocenters. The standard InChI is InChI=1S/C17H23NO3/c1-4-14(5-2)17(19)18-12-8-9-13-21-16-11-7-6-10-15(16)20-3/h6-7,10-11,14H,4-5,12-13H2,1-3H3,(H,18,19). The van der Waals surface area contributed by atoms with Crippen molar-refractivity contribution >= 4 is 5.91 Å². The fraction of sp³-hybridized carbons (Fsp3) is 0.471. The van der Waals surface area contributed by atoms with Gasteiger partial charge in [0.25, 0.3) is 0 Å². The third-order valence-corrected chi connectivity index (χ3v) is 3.20. The summed E-state index contributed by atoms with van der Waals surface area (Å²) in [5.74, 6) is 7.25. The quantitative estimate of drug-likeness (QED) is 0.785. The van der Waals surface area contributed by atoms with Crippen LogP contribution in [0.2, 0.25) is 0 Å². The molecule has 0 fully saturated rings. The van der Waals surface area contributed by atoms with Gasteiger partial charge in [0.2, 0.25) is 5.91 Å². The molecule has 0 aromatic heterocycles. The fourth-order valence-corrected chi connectivity index (χ4v) is 1.90. The first kappa shape index (κ1) is 16.9. The van der Waals surface area contributed by atoms with Gasteiger partial charge in [-0.3, -0.25) is 4.79 Å². The van der Waals surface area contributed by atoms with E-state index in [0.29, 0.717) is 18.0 Å². The molecule has 114 valence electrons. The lowest BCUT2D eigenvalue weighted by atomic mass is 10.0. The zero-order chi connectivity index (χ0) is 15.5. The number of hydrogen-bond donors (Lipinski definition) is 1. The van der Waals surface area contributed by atoms with E-state index in [4.69, 9.17) is 9.47 Å². The molecule has 0 aliphatic rings. The largest absolute Gasteiger partial charge is 0.493 e. The number of para-hydroxylation sites is 2. The molecule has 21 heavy (non-hydrogen) atoms. The highest BCUT2D eigenvalue weighted by Gasteiger charge is 2.12. The second-order valence-corrected chi connectivity index (χ2v) is 4.52. The summed E-state index contributed by atoms with van der Waals surface area (Å²) in [6.45, 7) is 4.65. The minimum absolute atomic E-state index is 0.0694. The molecule has 0 aliphatic carbocycles. The summed E-state index contributed by atoms with van der Waals surface area (Å²) in [6, 6.07) is 7.42. The first-order chi connectivity index (χ1) is 10.2. The van der Waals surface area contributed by atoms with Crippen LogP contribution >= 0.6 is 0 Å². The lowest BCUT2D eigenvalue weighted by Gasteiger charge is -2.10. The van der Waals surface area contributed by atoms with Crippen molar-refractivity contribution in [2.45, 2.75) is 26.7 Å². The second-order valence-electron chi connectivity index (χ2n) is 4.52. The maximum absolute atomic E-state index is 11.7. The summed E-state index contributed by atoms with van der Waals surface area (Å²) < 4.78 is 10.7. The van der Waals surface area contributed by atoms with E-state index in [1.165, 1.54) is 0 Å². The van der Waals surface area contributed by atoms with Gasteiger partial charge in [0, 0.05) is 5.92 Å². The molecule has 1 amide bonds. The Morgan fingerprint density at radius 1 is 1.19 bits per heavy atom. The second kappa shape index (κ2) is 9.71. The van der Waals surface area contributed by atoms with Gasteiger partial charge in [0.1, 0.15) is 6.61 Å². The Kier molecular flexibility index (Phi) is 7.81. The Labute approximate surface area is 126 Å². The third kappa shape index (κ3) is 5.78. The van der Waals surface area contributed by atoms with Crippen LogP contribution < -0.4 is 14.8 Å². The molecule has 0 saturated heterocycles. The topological polar surface area (TPSA) is 47.6 Å². The average molecular weight is 289 g/mol. The number of nitrogens with one attached hydrogen (secondary N) is 1. The van der Waals surface area contributed by atoms with Gasteiger partial charge < -0.3 is 14.8 Å². The summed E-state index contributed by atoms with van der Waals surface area (Å²) in [5, 5.41) is 2.81. The number of amides is 1. The number of rotatable bonds is 7. The van der Waals surface area contributed by atoms with Crippen LogP contribution in [0.4, 0.5) is 0 Å². The predicted octanol–water partition coefficient (Wildman–Crippen LogP) is 2.63. The molecule has 0 aliphatic heterocycles. The minimum atomic E-state index is 0.0694. The molecule has 1 N–H and O–H groups in total. The van der Waals surface area contributed by atoms with Crippen molar-refractivity contribution in [1.29, 1.82) is 0 Å². The molecule has 4 nitrogen and oxygen atoms in total. The Bertz CT molecular complexity index is 498. The van der Waals surface area contributed by atoms with Crippen LogP contribution in [-0.2, 0) is 4.79 Å². The van der Waals surface area contributed by atoms with Crippen molar-refractivity contribution in [3.05, 3.63) is 24.3 Å². The first-order valence-electron chi connectivity index (χ1n) is 7.22. The van der Waals surface area contributed by atoms with Gasteiger partial charge in [-0.1, -0.05) is 37.8 Å². The molecule has 0 bridgehead atoms. The van der Waals surface area contributed by atoms with Crippen molar-refractivity contribution in [1.82, 2.24) is 5.32 Å². The molecule has 4 heteroatoms. The van der Waals surface area contributed by atoms with Gasteiger partial charge in [0.05, 0.1) is 13.7 Å². The van der Waals surface area contributed by atoms with Gasteiger partial charge in [-0.05, 0) is 25.0 Å². The predicted molar refractivity (Wildman–Crippen MR) is 83.3 cm³/mol. The monoisotopic (exact) mass is 289 g/mol. The van der Waals surface area contributed by atoms with Gasteiger partial charge in [-0.25, -0.2) is 0 Å². The molecule has 0 radical (unpaired) electrons. The van der Waals surface area contributed by atoms with E-state index in [1.54, 1.807) is 7.11 Å². The number of carbonyl (C=O) groups excluding carboxylic acids is 1. The zero-order valence-corrected chi connectivity index (χ0v) is 12.9. The Morgan fingerprint density at radius 3 is 2.48 bits per heavy atom. The van der Waals surface area contributed by atoms with Crippen LogP contribution in [0, 0.1) is 17.8 Å². The molecule has 0 unspecified atom stereocenters. The summed E-state index contributed by atoms with van der Waals surface area (Å²) >= 11 is 0. The first-order valence-corrected chi connectivity index (χ1v) is 7.22. The van der Waals surface area contributed by atoms with Crippen LogP contribution in [-0.4, -0.2) is 26.2 Å². The van der Waals surface area contributed by atoms with E-state index >= 15 is 0 Å². The van der Waals surface area contributed by atoms with Crippen molar-refractivity contribution < 1.29 is 14.3 Å². The van der Waals surface area contributed by atoms with Crippen LogP contribution in [0.3, 0.4) is 0 Å². The number of carbonyl (C=O) groups is 1. The highest BCUT2D eigenvalue weighted by atomic mass is 16.5. The molecular formula is C17H23NO3. The van der Waals surface area contributed by atoms with Crippen LogP contribution in [0.5, 0.6) is 11.5 Å². The zero-order valence-electron chi connectivity index (χ0n) is 12.9. The van der Waals surface area contributed by atoms with E-state index in [9.17, 15) is 4.79 Å². The maximum atomic E-state index is 11.7. The lowest BCUT2D eigenvalue weighted by molar-refractivity contribution is -0.124. The fourth-order valence-electron chi connectivity index (χ4n) is 1.90. The van der Waals surface area contributed by atoms with Gasteiger partial charge in [-0.2, -0.15) is 0 Å². The Balaban J connectivity index is 2.32. The van der Waals surface area contributed by atoms with Crippen molar-refractivity contribution in [3.63, 3.8) is 0 Å². The van der Waals surface area contributed by atoms with Crippen molar-refractivity contribution in [2.24, 2.45) is 5.92 Å². The van der Waals surface area contributed by atoms with E-state index in [-0.39, 0.29) is 18.4 Å². The molecule has 0 saturated carbocycles. The summed E-state index contributed by atoms with van der Waals surface area (Å²) in [6.07, 6.45) is 1.71. The molecular weight excluding hydrogens is 266 g/mol. The normalized spacial score (nSPS) is 9.71. The van der Waals surface area contributed by atoms with Gasteiger partial charge >= 0.3 is 0 Å². The summed E-state index contributed by atoms with van der Waals surface area (Å²) in [7, 11) is 1.60. The number of methoxy groups -OCH3 is 1. The highest BCUT2D eigenvalue weighted by molar-refractivity contribution is 5.78. The smallest absolute Gasteiger partial charge is 0.223 e. The van der Waals surface area contributed by atoms with Gasteiger partial charge in [0.15, 0.2) is 11.5 Å². The highest BCUT2D eigenvalue weighted by Crippen LogP contribution is 2.25. The van der Waals surface area contributed by atoms with Crippen LogP contribution in [0.15, 0.2) is 24.3 Å².